The van der Waals surface area contributed by atoms with Crippen molar-refractivity contribution in [3.63, 3.8) is 0 Å². The van der Waals surface area contributed by atoms with E-state index in [1.165, 1.54) is 37.1 Å². The number of fused-ring (bicyclic) bond motifs is 1. The lowest BCUT2D eigenvalue weighted by Gasteiger charge is -2.36. The third-order valence-corrected chi connectivity index (χ3v) is 8.39. The molecular weight excluding hydrogens is 538 g/mol. The minimum absolute atomic E-state index is 0.0189. The molecule has 0 bridgehead atoms. The number of aromatic nitrogens is 2. The summed E-state index contributed by atoms with van der Waals surface area (Å²) < 4.78 is 31.1. The molecule has 40 heavy (non-hydrogen) atoms. The first kappa shape index (κ1) is 26.7. The minimum atomic E-state index is -0.835. The van der Waals surface area contributed by atoms with Crippen LogP contribution in [0.4, 0.5) is 20.5 Å². The van der Waals surface area contributed by atoms with E-state index >= 15 is 4.39 Å². The molecule has 1 aliphatic carbocycles. The van der Waals surface area contributed by atoms with Crippen LogP contribution in [-0.4, -0.2) is 82.1 Å². The third-order valence-electron chi connectivity index (χ3n) is 8.10. The number of rotatable bonds is 6. The van der Waals surface area contributed by atoms with Gasteiger partial charge in [-0.15, -0.1) is 0 Å². The summed E-state index contributed by atoms with van der Waals surface area (Å²) >= 11 is 6.54. The average molecular weight is 569 g/mol. The molecule has 210 valence electrons. The lowest BCUT2D eigenvalue weighted by atomic mass is 10.0. The number of hydrogen-bond acceptors (Lipinski definition) is 7. The molecular formula is C29H31ClF2N6O2. The number of piperidine rings is 1. The molecule has 1 amide bonds. The van der Waals surface area contributed by atoms with Gasteiger partial charge in [0.1, 0.15) is 22.9 Å². The Hall–Kier alpha value is -3.50. The normalized spacial score (nSPS) is 18.8. The van der Waals surface area contributed by atoms with Crippen molar-refractivity contribution in [2.75, 3.05) is 49.5 Å². The molecule has 0 unspecified atom stereocenters. The molecule has 0 spiro atoms. The molecule has 3 aliphatic rings. The van der Waals surface area contributed by atoms with E-state index in [0.717, 1.165) is 32.0 Å². The van der Waals surface area contributed by atoms with E-state index in [9.17, 15) is 14.3 Å². The van der Waals surface area contributed by atoms with Crippen LogP contribution >= 0.6 is 11.6 Å². The van der Waals surface area contributed by atoms with Crippen molar-refractivity contribution in [1.82, 2.24) is 19.8 Å². The number of halogens is 3. The Balaban J connectivity index is 1.40. The van der Waals surface area contributed by atoms with Gasteiger partial charge in [0, 0.05) is 62.3 Å². The van der Waals surface area contributed by atoms with Gasteiger partial charge in [-0.3, -0.25) is 4.79 Å². The molecule has 2 N–H and O–H groups in total. The number of carbonyl (C=O) groups is 1. The Labute approximate surface area is 236 Å². The van der Waals surface area contributed by atoms with Crippen LogP contribution in [-0.2, 0) is 4.79 Å². The number of phenolic OH excluding ortho intramolecular Hbond substituents is 1. The van der Waals surface area contributed by atoms with Gasteiger partial charge in [-0.1, -0.05) is 24.2 Å². The first-order valence-corrected chi connectivity index (χ1v) is 14.1. The highest BCUT2D eigenvalue weighted by Gasteiger charge is 2.32. The van der Waals surface area contributed by atoms with Crippen LogP contribution in [0.3, 0.4) is 0 Å². The van der Waals surface area contributed by atoms with Gasteiger partial charge in [0.15, 0.2) is 5.82 Å². The molecule has 3 heterocycles. The van der Waals surface area contributed by atoms with Gasteiger partial charge in [-0.25, -0.2) is 13.8 Å². The Morgan fingerprint density at radius 2 is 1.77 bits per heavy atom. The lowest BCUT2D eigenvalue weighted by Crippen LogP contribution is -2.48. The molecule has 1 saturated carbocycles. The van der Waals surface area contributed by atoms with Crippen molar-refractivity contribution in [1.29, 1.82) is 0 Å². The predicted octanol–water partition coefficient (Wildman–Crippen LogP) is 4.81. The molecule has 2 aliphatic heterocycles. The van der Waals surface area contributed by atoms with E-state index < -0.39 is 17.4 Å². The second kappa shape index (κ2) is 10.8. The number of benzene rings is 2. The van der Waals surface area contributed by atoms with Crippen molar-refractivity contribution in [3.8, 4) is 16.9 Å². The Morgan fingerprint density at radius 3 is 2.42 bits per heavy atom. The van der Waals surface area contributed by atoms with E-state index in [1.54, 1.807) is 4.90 Å². The highest BCUT2D eigenvalue weighted by Crippen LogP contribution is 2.42. The van der Waals surface area contributed by atoms with Crippen molar-refractivity contribution < 1.29 is 18.7 Å². The van der Waals surface area contributed by atoms with E-state index in [2.05, 4.69) is 21.8 Å². The van der Waals surface area contributed by atoms with E-state index in [0.29, 0.717) is 43.4 Å². The largest absolute Gasteiger partial charge is 0.507 e. The maximum Gasteiger partial charge on any atom is 0.246 e. The average Bonchev–Trinajstić information content (AvgIpc) is 3.80. The van der Waals surface area contributed by atoms with Crippen LogP contribution in [0.25, 0.3) is 22.0 Å². The van der Waals surface area contributed by atoms with Gasteiger partial charge in [-0.05, 0) is 50.0 Å². The highest BCUT2D eigenvalue weighted by atomic mass is 35.5. The fraction of sp³-hybridized carbons (Fsp3) is 0.414. The van der Waals surface area contributed by atoms with Gasteiger partial charge < -0.3 is 25.1 Å². The van der Waals surface area contributed by atoms with Crippen LogP contribution in [0, 0.1) is 11.6 Å². The number of anilines is 2. The number of hydrogen-bond donors (Lipinski definition) is 2. The molecule has 0 atom stereocenters. The minimum Gasteiger partial charge on any atom is -0.507 e. The Bertz CT molecular complexity index is 1450. The maximum absolute atomic E-state index is 16.3. The van der Waals surface area contributed by atoms with Crippen LogP contribution in [0.5, 0.6) is 5.75 Å². The summed E-state index contributed by atoms with van der Waals surface area (Å²) in [5.41, 5.74) is -0.584. The second-order valence-electron chi connectivity index (χ2n) is 10.7. The summed E-state index contributed by atoms with van der Waals surface area (Å²) in [7, 11) is 0. The summed E-state index contributed by atoms with van der Waals surface area (Å²) in [6.45, 7) is 7.40. The number of aromatic hydroxyl groups is 1. The maximum atomic E-state index is 16.3. The summed E-state index contributed by atoms with van der Waals surface area (Å²) in [5.74, 6) is -1.42. The van der Waals surface area contributed by atoms with Crippen LogP contribution < -0.4 is 10.2 Å². The number of nitrogens with one attached hydrogen (secondary N) is 1. The van der Waals surface area contributed by atoms with Crippen molar-refractivity contribution in [2.24, 2.45) is 0 Å². The summed E-state index contributed by atoms with van der Waals surface area (Å²) in [6.07, 6.45) is 5.67. The Kier molecular flexibility index (Phi) is 7.22. The molecule has 6 rings (SSSR count). The standard InChI is InChI=1S/C29H31ClF2N6O2/c1-2-23(40)37-12-14-38(15-13-37)28-19-16-20(30)24(25-21(31)4-3-5-22(25)39)26(32)27(19)34-29(35-28)33-17-8-10-36(11-9-17)18-6-7-18/h2-5,16-18,39H,1,6-15H2,(H,33,34,35). The van der Waals surface area contributed by atoms with E-state index in [1.807, 2.05) is 4.90 Å². The van der Waals surface area contributed by atoms with Gasteiger partial charge in [0.2, 0.25) is 11.9 Å². The zero-order chi connectivity index (χ0) is 28.0. The van der Waals surface area contributed by atoms with Gasteiger partial charge in [0.25, 0.3) is 0 Å². The molecule has 0 radical (unpaired) electrons. The SMILES string of the molecule is C=CC(=O)N1CCN(c2nc(NC3CCN(C4CC4)CC3)nc3c(F)c(-c4c(O)cccc4F)c(Cl)cc23)CC1. The van der Waals surface area contributed by atoms with Gasteiger partial charge in [-0.2, -0.15) is 4.98 Å². The van der Waals surface area contributed by atoms with E-state index in [-0.39, 0.29) is 39.6 Å². The molecule has 1 aromatic heterocycles. The number of piperazine rings is 1. The number of nitrogens with zero attached hydrogens (tertiary/aromatic N) is 5. The molecule has 2 aromatic carbocycles. The highest BCUT2D eigenvalue weighted by molar-refractivity contribution is 6.34. The first-order chi connectivity index (χ1) is 19.3. The van der Waals surface area contributed by atoms with Gasteiger partial charge in [0.05, 0.1) is 10.6 Å². The molecule has 11 heteroatoms. The van der Waals surface area contributed by atoms with Crippen LogP contribution in [0.2, 0.25) is 5.02 Å². The lowest BCUT2D eigenvalue weighted by molar-refractivity contribution is -0.126. The number of phenols is 1. The fourth-order valence-corrected chi connectivity index (χ4v) is 6.06. The van der Waals surface area contributed by atoms with E-state index in [4.69, 9.17) is 16.6 Å². The first-order valence-electron chi connectivity index (χ1n) is 13.7. The predicted molar refractivity (Wildman–Crippen MR) is 152 cm³/mol. The fourth-order valence-electron chi connectivity index (χ4n) is 5.77. The smallest absolute Gasteiger partial charge is 0.246 e. The summed E-state index contributed by atoms with van der Waals surface area (Å²) in [4.78, 5) is 27.7. The van der Waals surface area contributed by atoms with Crippen LogP contribution in [0.15, 0.2) is 36.9 Å². The monoisotopic (exact) mass is 568 g/mol. The van der Waals surface area contributed by atoms with Crippen molar-refractivity contribution in [2.45, 2.75) is 37.8 Å². The topological polar surface area (TPSA) is 84.8 Å². The molecule has 3 fully saturated rings. The second-order valence-corrected chi connectivity index (χ2v) is 11.1. The number of amides is 1. The summed E-state index contributed by atoms with van der Waals surface area (Å²) in [6, 6.07) is 6.14. The number of likely N-dealkylation sites (tertiary alicyclic amines) is 1. The van der Waals surface area contributed by atoms with Crippen molar-refractivity contribution in [3.05, 3.63) is 53.6 Å². The quantitative estimate of drug-likeness (QED) is 0.413. The number of carbonyl (C=O) groups excluding carboxylic acids is 1. The third kappa shape index (κ3) is 5.06. The van der Waals surface area contributed by atoms with Crippen molar-refractivity contribution >= 4 is 40.2 Å². The van der Waals surface area contributed by atoms with Gasteiger partial charge >= 0.3 is 0 Å². The summed E-state index contributed by atoms with van der Waals surface area (Å²) in [5, 5.41) is 14.1. The molecule has 8 nitrogen and oxygen atoms in total. The molecule has 2 saturated heterocycles. The zero-order valence-corrected chi connectivity index (χ0v) is 22.8. The molecule has 3 aromatic rings. The van der Waals surface area contributed by atoms with Crippen LogP contribution in [0.1, 0.15) is 25.7 Å². The Morgan fingerprint density at radius 1 is 1.05 bits per heavy atom. The zero-order valence-electron chi connectivity index (χ0n) is 22.0.